The van der Waals surface area contributed by atoms with Crippen LogP contribution in [0.3, 0.4) is 0 Å². The molecular formula is C12H9Cl2N7. The lowest BCUT2D eigenvalue weighted by Crippen LogP contribution is -2.08. The summed E-state index contributed by atoms with van der Waals surface area (Å²) >= 11 is 12.1. The SMILES string of the molecule is Nc1nc(Nc2cccc(Cl)c2Cl)nc(-n2ccnc2)n1. The van der Waals surface area contributed by atoms with E-state index in [1.807, 2.05) is 0 Å². The second-order valence-electron chi connectivity index (χ2n) is 4.01. The Labute approximate surface area is 129 Å². The van der Waals surface area contributed by atoms with Gasteiger partial charge < -0.3 is 11.1 Å². The first-order valence-corrected chi connectivity index (χ1v) is 6.60. The topological polar surface area (TPSA) is 94.5 Å². The van der Waals surface area contributed by atoms with Crippen LogP contribution in [0.4, 0.5) is 17.6 Å². The van der Waals surface area contributed by atoms with Crippen molar-refractivity contribution in [3.05, 3.63) is 47.0 Å². The van der Waals surface area contributed by atoms with Crippen LogP contribution in [-0.2, 0) is 0 Å². The van der Waals surface area contributed by atoms with Crippen LogP contribution in [0.2, 0.25) is 10.0 Å². The summed E-state index contributed by atoms with van der Waals surface area (Å²) < 4.78 is 1.61. The van der Waals surface area contributed by atoms with Crippen LogP contribution in [-0.4, -0.2) is 24.5 Å². The van der Waals surface area contributed by atoms with Gasteiger partial charge in [0, 0.05) is 12.4 Å². The van der Waals surface area contributed by atoms with Crippen molar-refractivity contribution in [2.45, 2.75) is 0 Å². The molecule has 3 N–H and O–H groups in total. The molecule has 0 atom stereocenters. The molecule has 9 heteroatoms. The Morgan fingerprint density at radius 1 is 1.14 bits per heavy atom. The molecule has 0 radical (unpaired) electrons. The van der Waals surface area contributed by atoms with Crippen LogP contribution in [0.15, 0.2) is 36.9 Å². The van der Waals surface area contributed by atoms with E-state index in [0.29, 0.717) is 21.7 Å². The third-order valence-corrected chi connectivity index (χ3v) is 3.39. The van der Waals surface area contributed by atoms with E-state index in [4.69, 9.17) is 28.9 Å². The van der Waals surface area contributed by atoms with E-state index in [1.54, 1.807) is 41.5 Å². The van der Waals surface area contributed by atoms with Gasteiger partial charge in [-0.25, -0.2) is 4.98 Å². The molecular weight excluding hydrogens is 313 g/mol. The number of anilines is 3. The molecule has 3 aromatic rings. The monoisotopic (exact) mass is 321 g/mol. The number of hydrogen-bond donors (Lipinski definition) is 2. The first-order chi connectivity index (χ1) is 10.1. The third-order valence-electron chi connectivity index (χ3n) is 2.57. The van der Waals surface area contributed by atoms with Crippen molar-refractivity contribution in [2.75, 3.05) is 11.1 Å². The van der Waals surface area contributed by atoms with E-state index in [2.05, 4.69) is 25.3 Å². The molecule has 0 unspecified atom stereocenters. The highest BCUT2D eigenvalue weighted by molar-refractivity contribution is 6.43. The molecule has 106 valence electrons. The van der Waals surface area contributed by atoms with Gasteiger partial charge in [-0.15, -0.1) is 0 Å². The molecule has 0 aliphatic rings. The highest BCUT2D eigenvalue weighted by Gasteiger charge is 2.09. The summed E-state index contributed by atoms with van der Waals surface area (Å²) in [5.74, 6) is 0.686. The van der Waals surface area contributed by atoms with Crippen LogP contribution in [0.5, 0.6) is 0 Å². The maximum atomic E-state index is 6.11. The van der Waals surface area contributed by atoms with Crippen molar-refractivity contribution in [3.8, 4) is 5.95 Å². The van der Waals surface area contributed by atoms with Crippen molar-refractivity contribution in [1.82, 2.24) is 24.5 Å². The second-order valence-corrected chi connectivity index (χ2v) is 4.80. The zero-order chi connectivity index (χ0) is 14.8. The number of hydrogen-bond acceptors (Lipinski definition) is 6. The Bertz CT molecular complexity index is 773. The molecule has 3 rings (SSSR count). The Kier molecular flexibility index (Phi) is 3.59. The van der Waals surface area contributed by atoms with E-state index in [-0.39, 0.29) is 11.9 Å². The first-order valence-electron chi connectivity index (χ1n) is 5.84. The Morgan fingerprint density at radius 3 is 2.76 bits per heavy atom. The van der Waals surface area contributed by atoms with Crippen molar-refractivity contribution in [2.24, 2.45) is 0 Å². The molecule has 0 fully saturated rings. The maximum Gasteiger partial charge on any atom is 0.241 e. The molecule has 0 aliphatic heterocycles. The fourth-order valence-electron chi connectivity index (χ4n) is 1.65. The zero-order valence-electron chi connectivity index (χ0n) is 10.5. The second kappa shape index (κ2) is 5.55. The summed E-state index contributed by atoms with van der Waals surface area (Å²) in [4.78, 5) is 16.2. The minimum Gasteiger partial charge on any atom is -0.368 e. The standard InChI is InChI=1S/C12H9Cl2N7/c13-7-2-1-3-8(9(7)14)17-11-18-10(15)19-12(20-11)21-5-4-16-6-21/h1-6H,(H3,15,17,18,19,20). The quantitative estimate of drug-likeness (QED) is 0.770. The van der Waals surface area contributed by atoms with Gasteiger partial charge in [-0.05, 0) is 12.1 Å². The number of nitrogens with one attached hydrogen (secondary N) is 1. The normalized spacial score (nSPS) is 10.6. The fraction of sp³-hybridized carbons (Fsp3) is 0. The minimum absolute atomic E-state index is 0.0781. The summed E-state index contributed by atoms with van der Waals surface area (Å²) in [6.45, 7) is 0. The van der Waals surface area contributed by atoms with Crippen molar-refractivity contribution in [3.63, 3.8) is 0 Å². The Balaban J connectivity index is 1.98. The van der Waals surface area contributed by atoms with Gasteiger partial charge in [0.15, 0.2) is 0 Å². The molecule has 21 heavy (non-hydrogen) atoms. The van der Waals surface area contributed by atoms with E-state index in [9.17, 15) is 0 Å². The van der Waals surface area contributed by atoms with Crippen molar-refractivity contribution >= 4 is 40.8 Å². The van der Waals surface area contributed by atoms with Gasteiger partial charge in [-0.2, -0.15) is 15.0 Å². The predicted octanol–water partition coefficient (Wildman–Crippen LogP) is 2.69. The van der Waals surface area contributed by atoms with E-state index in [1.165, 1.54) is 0 Å². The number of nitrogen functional groups attached to an aromatic ring is 1. The molecule has 7 nitrogen and oxygen atoms in total. The van der Waals surface area contributed by atoms with Crippen LogP contribution in [0.25, 0.3) is 5.95 Å². The zero-order valence-corrected chi connectivity index (χ0v) is 12.0. The lowest BCUT2D eigenvalue weighted by Gasteiger charge is -2.09. The number of halogens is 2. The average molecular weight is 322 g/mol. The highest BCUT2D eigenvalue weighted by Crippen LogP contribution is 2.31. The summed E-state index contributed by atoms with van der Waals surface area (Å²) in [5, 5.41) is 3.77. The molecule has 0 amide bonds. The molecule has 0 saturated carbocycles. The Morgan fingerprint density at radius 2 is 2.00 bits per heavy atom. The summed E-state index contributed by atoms with van der Waals surface area (Å²) in [6.07, 6.45) is 4.87. The van der Waals surface area contributed by atoms with Crippen LogP contribution >= 0.6 is 23.2 Å². The molecule has 0 bridgehead atoms. The summed E-state index contributed by atoms with van der Waals surface area (Å²) in [7, 11) is 0. The van der Waals surface area contributed by atoms with E-state index >= 15 is 0 Å². The minimum atomic E-state index is 0.0781. The lowest BCUT2D eigenvalue weighted by atomic mass is 10.3. The average Bonchev–Trinajstić information content (AvgIpc) is 2.97. The number of nitrogens with zero attached hydrogens (tertiary/aromatic N) is 5. The van der Waals surface area contributed by atoms with Gasteiger partial charge >= 0.3 is 0 Å². The number of benzene rings is 1. The largest absolute Gasteiger partial charge is 0.368 e. The number of aromatic nitrogens is 5. The number of rotatable bonds is 3. The van der Waals surface area contributed by atoms with Gasteiger partial charge in [0.2, 0.25) is 17.8 Å². The van der Waals surface area contributed by atoms with Gasteiger partial charge in [-0.1, -0.05) is 29.3 Å². The maximum absolute atomic E-state index is 6.11. The predicted molar refractivity (Wildman–Crippen MR) is 81.1 cm³/mol. The van der Waals surface area contributed by atoms with E-state index in [0.717, 1.165) is 0 Å². The fourth-order valence-corrected chi connectivity index (χ4v) is 2.00. The summed E-state index contributed by atoms with van der Waals surface area (Å²) in [5.41, 5.74) is 6.27. The van der Waals surface area contributed by atoms with Gasteiger partial charge in [0.1, 0.15) is 6.33 Å². The molecule has 0 aliphatic carbocycles. The summed E-state index contributed by atoms with van der Waals surface area (Å²) in [6, 6.07) is 5.21. The molecule has 2 aromatic heterocycles. The Hall–Kier alpha value is -2.38. The number of imidazole rings is 1. The van der Waals surface area contributed by atoms with E-state index < -0.39 is 0 Å². The van der Waals surface area contributed by atoms with Crippen LogP contribution in [0, 0.1) is 0 Å². The highest BCUT2D eigenvalue weighted by atomic mass is 35.5. The van der Waals surface area contributed by atoms with Crippen molar-refractivity contribution < 1.29 is 0 Å². The van der Waals surface area contributed by atoms with Crippen LogP contribution < -0.4 is 11.1 Å². The van der Waals surface area contributed by atoms with Gasteiger partial charge in [0.25, 0.3) is 0 Å². The van der Waals surface area contributed by atoms with Gasteiger partial charge in [-0.3, -0.25) is 4.57 Å². The molecule has 0 saturated heterocycles. The molecule has 2 heterocycles. The first kappa shape index (κ1) is 13.6. The smallest absolute Gasteiger partial charge is 0.241 e. The number of nitrogens with two attached hydrogens (primary N) is 1. The lowest BCUT2D eigenvalue weighted by molar-refractivity contribution is 0.906. The van der Waals surface area contributed by atoms with Gasteiger partial charge in [0.05, 0.1) is 15.7 Å². The van der Waals surface area contributed by atoms with Crippen molar-refractivity contribution in [1.29, 1.82) is 0 Å². The molecule has 0 spiro atoms. The third kappa shape index (κ3) is 2.88. The molecule has 1 aromatic carbocycles. The van der Waals surface area contributed by atoms with Crippen LogP contribution in [0.1, 0.15) is 0 Å².